The lowest BCUT2D eigenvalue weighted by Crippen LogP contribution is -2.31. The van der Waals surface area contributed by atoms with Crippen LogP contribution in [-0.4, -0.2) is 51.5 Å². The molecule has 0 aliphatic rings. The fourth-order valence-corrected chi connectivity index (χ4v) is 4.43. The number of unbranched alkanes of at least 4 members (excludes halogenated alkanes) is 1. The van der Waals surface area contributed by atoms with E-state index in [1.807, 2.05) is 6.92 Å². The van der Waals surface area contributed by atoms with Gasteiger partial charge in [0.25, 0.3) is 11.8 Å². The van der Waals surface area contributed by atoms with Gasteiger partial charge in [0.1, 0.15) is 0 Å². The first-order chi connectivity index (χ1) is 14.0. The van der Waals surface area contributed by atoms with Gasteiger partial charge in [-0.25, -0.2) is 8.42 Å². The third kappa shape index (κ3) is 4.83. The molecule has 0 aliphatic carbocycles. The summed E-state index contributed by atoms with van der Waals surface area (Å²) in [5.74, 6) is -0.360. The van der Waals surface area contributed by atoms with Gasteiger partial charge in [-0.3, -0.25) is 10.1 Å². The van der Waals surface area contributed by atoms with Crippen LogP contribution in [0, 0.1) is 0 Å². The lowest BCUT2D eigenvalue weighted by Gasteiger charge is -2.20. The van der Waals surface area contributed by atoms with Crippen molar-refractivity contribution in [2.24, 2.45) is 0 Å². The Bertz CT molecular complexity index is 1050. The second-order valence-corrected chi connectivity index (χ2v) is 8.58. The molecular weight excluding hydrogens is 416 g/mol. The molecule has 2 heterocycles. The molecule has 0 fully saturated rings. The molecule has 12 heteroatoms. The van der Waals surface area contributed by atoms with Gasteiger partial charge in [-0.05, 0) is 42.2 Å². The smallest absolute Gasteiger partial charge is 0.322 e. The van der Waals surface area contributed by atoms with Crippen LogP contribution in [0.2, 0.25) is 0 Å². The highest BCUT2D eigenvalue weighted by molar-refractivity contribution is 7.89. The summed E-state index contributed by atoms with van der Waals surface area (Å²) in [4.78, 5) is 12.5. The Hall–Kier alpha value is -2.70. The zero-order chi connectivity index (χ0) is 20.9. The number of benzene rings is 1. The molecule has 1 aromatic carbocycles. The predicted octanol–water partition coefficient (Wildman–Crippen LogP) is 2.65. The van der Waals surface area contributed by atoms with Crippen molar-refractivity contribution in [3.63, 3.8) is 0 Å². The predicted molar refractivity (Wildman–Crippen MR) is 107 cm³/mol. The molecule has 3 aromatic rings. The first-order valence-electron chi connectivity index (χ1n) is 8.98. The lowest BCUT2D eigenvalue weighted by atomic mass is 10.2. The number of sulfonamides is 1. The highest BCUT2D eigenvalue weighted by Gasteiger charge is 2.23. The summed E-state index contributed by atoms with van der Waals surface area (Å²) in [6.45, 7) is 4.66. The second-order valence-electron chi connectivity index (χ2n) is 6.03. The Morgan fingerprint density at radius 2 is 1.93 bits per heavy atom. The Labute approximate surface area is 172 Å². The van der Waals surface area contributed by atoms with Crippen LogP contribution in [-0.2, 0) is 10.0 Å². The Morgan fingerprint density at radius 1 is 1.17 bits per heavy atom. The van der Waals surface area contributed by atoms with E-state index in [9.17, 15) is 13.2 Å². The van der Waals surface area contributed by atoms with Crippen LogP contribution in [0.5, 0.6) is 0 Å². The SMILES string of the molecule is CCCCN(CC)S(=O)(=O)c1ccc(C(=O)Nc2nnc(-c3csnn3)o2)cc1. The van der Waals surface area contributed by atoms with Gasteiger partial charge in [-0.1, -0.05) is 29.9 Å². The molecule has 0 saturated carbocycles. The average Bonchev–Trinajstić information content (AvgIpc) is 3.40. The van der Waals surface area contributed by atoms with Crippen molar-refractivity contribution in [2.75, 3.05) is 18.4 Å². The highest BCUT2D eigenvalue weighted by atomic mass is 32.2. The van der Waals surface area contributed by atoms with Crippen molar-refractivity contribution in [1.82, 2.24) is 24.1 Å². The number of nitrogens with one attached hydrogen (secondary N) is 1. The number of nitrogens with zero attached hydrogens (tertiary/aromatic N) is 5. The van der Waals surface area contributed by atoms with Gasteiger partial charge in [0, 0.05) is 24.0 Å². The van der Waals surface area contributed by atoms with Crippen molar-refractivity contribution >= 4 is 33.5 Å². The van der Waals surface area contributed by atoms with E-state index in [1.165, 1.54) is 28.6 Å². The van der Waals surface area contributed by atoms with E-state index in [0.29, 0.717) is 18.8 Å². The minimum atomic E-state index is -3.60. The molecule has 0 spiro atoms. The first kappa shape index (κ1) is 21.0. The molecule has 154 valence electrons. The zero-order valence-corrected chi connectivity index (χ0v) is 17.5. The van der Waals surface area contributed by atoms with Crippen molar-refractivity contribution in [3.05, 3.63) is 35.2 Å². The van der Waals surface area contributed by atoms with Crippen LogP contribution >= 0.6 is 11.5 Å². The van der Waals surface area contributed by atoms with Crippen molar-refractivity contribution in [2.45, 2.75) is 31.6 Å². The topological polar surface area (TPSA) is 131 Å². The molecule has 0 radical (unpaired) electrons. The fourth-order valence-electron chi connectivity index (χ4n) is 2.51. The van der Waals surface area contributed by atoms with Gasteiger partial charge in [0.15, 0.2) is 5.69 Å². The molecule has 0 unspecified atom stereocenters. The summed E-state index contributed by atoms with van der Waals surface area (Å²) < 4.78 is 35.9. The first-order valence-corrected chi connectivity index (χ1v) is 11.3. The molecule has 2 aromatic heterocycles. The largest absolute Gasteiger partial charge is 0.401 e. The normalized spacial score (nSPS) is 11.7. The van der Waals surface area contributed by atoms with E-state index >= 15 is 0 Å². The Kier molecular flexibility index (Phi) is 6.67. The van der Waals surface area contributed by atoms with E-state index in [2.05, 4.69) is 25.1 Å². The molecular formula is C17H20N6O4S2. The number of amides is 1. The molecule has 10 nitrogen and oxygen atoms in total. The molecule has 0 saturated heterocycles. The van der Waals surface area contributed by atoms with Crippen molar-refractivity contribution in [3.8, 4) is 11.6 Å². The summed E-state index contributed by atoms with van der Waals surface area (Å²) in [7, 11) is -3.60. The molecule has 1 N–H and O–H groups in total. The van der Waals surface area contributed by atoms with Gasteiger partial charge in [0.2, 0.25) is 10.0 Å². The summed E-state index contributed by atoms with van der Waals surface area (Å²) in [6, 6.07) is 5.62. The van der Waals surface area contributed by atoms with Gasteiger partial charge < -0.3 is 4.42 Å². The van der Waals surface area contributed by atoms with Gasteiger partial charge in [0.05, 0.1) is 4.90 Å². The number of carbonyl (C=O) groups excluding carboxylic acids is 1. The number of aromatic nitrogens is 4. The maximum atomic E-state index is 12.7. The number of anilines is 1. The van der Waals surface area contributed by atoms with Crippen LogP contribution in [0.15, 0.2) is 39.0 Å². The molecule has 3 rings (SSSR count). The molecule has 1 amide bonds. The quantitative estimate of drug-likeness (QED) is 0.541. The van der Waals surface area contributed by atoms with Crippen LogP contribution in [0.1, 0.15) is 37.0 Å². The monoisotopic (exact) mass is 436 g/mol. The summed E-state index contributed by atoms with van der Waals surface area (Å²) in [6.07, 6.45) is 1.69. The van der Waals surface area contributed by atoms with E-state index in [4.69, 9.17) is 4.42 Å². The Balaban J connectivity index is 1.70. The lowest BCUT2D eigenvalue weighted by molar-refractivity contribution is 0.102. The van der Waals surface area contributed by atoms with Crippen molar-refractivity contribution in [1.29, 1.82) is 0 Å². The van der Waals surface area contributed by atoms with Gasteiger partial charge in [-0.15, -0.1) is 10.2 Å². The van der Waals surface area contributed by atoms with E-state index in [0.717, 1.165) is 24.4 Å². The standard InChI is InChI=1S/C17H20N6O4S2/c1-3-5-10-23(4-2)29(25,26)13-8-6-12(7-9-13)15(24)18-17-21-20-16(27-17)14-11-28-22-19-14/h6-9,11H,3-5,10H2,1-2H3,(H,18,21,24). The highest BCUT2D eigenvalue weighted by Crippen LogP contribution is 2.20. The maximum absolute atomic E-state index is 12.7. The Morgan fingerprint density at radius 3 is 2.55 bits per heavy atom. The van der Waals surface area contributed by atoms with Crippen LogP contribution in [0.25, 0.3) is 11.6 Å². The second kappa shape index (κ2) is 9.20. The van der Waals surface area contributed by atoms with E-state index < -0.39 is 15.9 Å². The maximum Gasteiger partial charge on any atom is 0.322 e. The minimum absolute atomic E-state index is 0.0913. The van der Waals surface area contributed by atoms with Gasteiger partial charge >= 0.3 is 6.01 Å². The molecule has 0 atom stereocenters. The third-order valence-electron chi connectivity index (χ3n) is 4.09. The minimum Gasteiger partial charge on any atom is -0.401 e. The summed E-state index contributed by atoms with van der Waals surface area (Å²) >= 11 is 1.14. The van der Waals surface area contributed by atoms with Crippen LogP contribution < -0.4 is 5.32 Å². The summed E-state index contributed by atoms with van der Waals surface area (Å²) in [5.41, 5.74) is 0.678. The van der Waals surface area contributed by atoms with Crippen LogP contribution in [0.3, 0.4) is 0 Å². The molecule has 0 bridgehead atoms. The van der Waals surface area contributed by atoms with E-state index in [1.54, 1.807) is 12.3 Å². The third-order valence-corrected chi connectivity index (χ3v) is 6.59. The van der Waals surface area contributed by atoms with Gasteiger partial charge in [-0.2, -0.15) is 4.31 Å². The van der Waals surface area contributed by atoms with Crippen molar-refractivity contribution < 1.29 is 17.6 Å². The number of rotatable bonds is 9. The number of hydrogen-bond donors (Lipinski definition) is 1. The fraction of sp³-hybridized carbons (Fsp3) is 0.353. The molecule has 29 heavy (non-hydrogen) atoms. The van der Waals surface area contributed by atoms with Crippen LogP contribution in [0.4, 0.5) is 6.01 Å². The number of hydrogen-bond acceptors (Lipinski definition) is 9. The van der Waals surface area contributed by atoms with E-state index in [-0.39, 0.29) is 22.4 Å². The number of carbonyl (C=O) groups is 1. The molecule has 0 aliphatic heterocycles. The zero-order valence-electron chi connectivity index (χ0n) is 15.9. The summed E-state index contributed by atoms with van der Waals surface area (Å²) in [5, 5.41) is 15.5. The average molecular weight is 437 g/mol.